The van der Waals surface area contributed by atoms with Gasteiger partial charge in [-0.15, -0.1) is 23.1 Å². The van der Waals surface area contributed by atoms with Crippen LogP contribution in [0.3, 0.4) is 0 Å². The maximum Gasteiger partial charge on any atom is 0.368 e. The number of aliphatic carboxylic acids is 1. The van der Waals surface area contributed by atoms with Crippen molar-refractivity contribution in [3.8, 4) is 0 Å². The Hall–Kier alpha value is -3.50. The Balaban J connectivity index is 1.39. The summed E-state index contributed by atoms with van der Waals surface area (Å²) in [6, 6.07) is -0.948. The highest BCUT2D eigenvalue weighted by Gasteiger charge is 2.53. The topological polar surface area (TPSA) is 172 Å². The number of imidazole rings is 1. The number of carbonyl (C=O) groups excluding carboxylic acids is 3. The third-order valence-corrected chi connectivity index (χ3v) is 8.67. The van der Waals surface area contributed by atoms with Gasteiger partial charge in [0.2, 0.25) is 0 Å². The van der Waals surface area contributed by atoms with Gasteiger partial charge in [-0.05, 0) is 18.3 Å². The van der Waals surface area contributed by atoms with Gasteiger partial charge in [-0.2, -0.15) is 0 Å². The molecule has 2 atom stereocenters. The Bertz CT molecular complexity index is 1470. The molecule has 3 N–H and O–H groups in total. The van der Waals surface area contributed by atoms with Crippen molar-refractivity contribution in [3.05, 3.63) is 39.2 Å². The van der Waals surface area contributed by atoms with E-state index in [-0.39, 0.29) is 28.8 Å². The quantitative estimate of drug-likeness (QED) is 0.159. The average Bonchev–Trinajstić information content (AvgIpc) is 3.49. The number of aromatic nitrogens is 4. The Morgan fingerprint density at radius 3 is 2.86 bits per heavy atom. The fourth-order valence-electron chi connectivity index (χ4n) is 4.13. The van der Waals surface area contributed by atoms with Gasteiger partial charge in [-0.25, -0.2) is 9.55 Å². The molecule has 3 aromatic rings. The van der Waals surface area contributed by atoms with Gasteiger partial charge in [0.05, 0.1) is 11.7 Å². The SMILES string of the molecule is CO/N=C(\C(=O)N[C@@H]1C(=O)N2C(C(=O)[O-])=C(Cn3c(C)c[n+]4nc(C)sc34)CS[C@@H]12)c1csc(N)n1. The Morgan fingerprint density at radius 2 is 2.19 bits per heavy atom. The number of hydrogen-bond acceptors (Lipinski definition) is 12. The van der Waals surface area contributed by atoms with Crippen LogP contribution in [0.2, 0.25) is 0 Å². The number of rotatable bonds is 7. The number of thioether (sulfide) groups is 1. The van der Waals surface area contributed by atoms with Gasteiger partial charge in [0.1, 0.15) is 41.5 Å². The van der Waals surface area contributed by atoms with Gasteiger partial charge in [0.15, 0.2) is 17.0 Å². The summed E-state index contributed by atoms with van der Waals surface area (Å²) in [4.78, 5) is 48.9. The summed E-state index contributed by atoms with van der Waals surface area (Å²) < 4.78 is 3.71. The van der Waals surface area contributed by atoms with E-state index in [4.69, 9.17) is 10.6 Å². The number of nitrogens with two attached hydrogens (primary N) is 1. The Morgan fingerprint density at radius 1 is 1.42 bits per heavy atom. The van der Waals surface area contributed by atoms with E-state index >= 15 is 0 Å². The summed E-state index contributed by atoms with van der Waals surface area (Å²) >= 11 is 3.98. The molecule has 13 nitrogen and oxygen atoms in total. The zero-order chi connectivity index (χ0) is 25.7. The summed E-state index contributed by atoms with van der Waals surface area (Å²) in [5.41, 5.74) is 6.99. The first-order valence-electron chi connectivity index (χ1n) is 10.6. The van der Waals surface area contributed by atoms with Crippen molar-refractivity contribution in [1.29, 1.82) is 0 Å². The van der Waals surface area contributed by atoms with E-state index in [9.17, 15) is 19.5 Å². The molecule has 3 aromatic heterocycles. The van der Waals surface area contributed by atoms with E-state index in [1.807, 2.05) is 24.6 Å². The first kappa shape index (κ1) is 24.2. The molecule has 0 saturated carbocycles. The van der Waals surface area contributed by atoms with Crippen molar-refractivity contribution in [2.24, 2.45) is 5.16 Å². The molecule has 0 aromatic carbocycles. The van der Waals surface area contributed by atoms with Crippen molar-refractivity contribution in [2.45, 2.75) is 31.8 Å². The fourth-order valence-corrected chi connectivity index (χ4v) is 6.91. The minimum Gasteiger partial charge on any atom is -0.543 e. The largest absolute Gasteiger partial charge is 0.543 e. The molecule has 5 heterocycles. The van der Waals surface area contributed by atoms with Crippen LogP contribution in [0.4, 0.5) is 5.13 Å². The van der Waals surface area contributed by atoms with Crippen LogP contribution in [0.5, 0.6) is 0 Å². The van der Waals surface area contributed by atoms with Crippen LogP contribution in [0.1, 0.15) is 16.4 Å². The van der Waals surface area contributed by atoms with Crippen LogP contribution in [-0.2, 0) is 25.8 Å². The summed E-state index contributed by atoms with van der Waals surface area (Å²) in [5, 5.41) is 25.0. The van der Waals surface area contributed by atoms with Crippen LogP contribution >= 0.6 is 34.4 Å². The summed E-state index contributed by atoms with van der Waals surface area (Å²) in [5.74, 6) is -2.34. The molecule has 0 spiro atoms. The zero-order valence-electron chi connectivity index (χ0n) is 19.3. The smallest absolute Gasteiger partial charge is 0.368 e. The molecule has 2 amide bonds. The number of thiazole rings is 1. The number of anilines is 1. The third-order valence-electron chi connectivity index (χ3n) is 5.69. The van der Waals surface area contributed by atoms with Crippen LogP contribution in [0, 0.1) is 13.8 Å². The van der Waals surface area contributed by atoms with Gasteiger partial charge >= 0.3 is 4.96 Å². The summed E-state index contributed by atoms with van der Waals surface area (Å²) in [6.07, 6.45) is 1.87. The van der Waals surface area contributed by atoms with Crippen molar-refractivity contribution in [3.63, 3.8) is 0 Å². The Labute approximate surface area is 216 Å². The number of nitrogen functional groups attached to an aromatic ring is 1. The monoisotopic (exact) mass is 548 g/mol. The number of oxime groups is 1. The standard InChI is InChI=1S/C20H20N8O5S3/c1-8-4-27-20(36-9(2)24-27)26(8)5-10-6-34-17-13(16(30)28(17)14(10)18(31)32)23-15(29)12(25-33-3)11-7-35-19(21)22-11/h4,7,13,17H,5-6H2,1-3H3,(H3-,21,22,23,29,31,32)/b25-12-/t13-,17+/m1/s1. The van der Waals surface area contributed by atoms with Gasteiger partial charge in [-0.3, -0.25) is 14.5 Å². The van der Waals surface area contributed by atoms with Gasteiger partial charge in [0.25, 0.3) is 11.8 Å². The highest BCUT2D eigenvalue weighted by atomic mass is 32.2. The van der Waals surface area contributed by atoms with Crippen molar-refractivity contribution < 1.29 is 28.8 Å². The van der Waals surface area contributed by atoms with Crippen LogP contribution in [-0.4, -0.2) is 67.3 Å². The molecule has 2 aliphatic heterocycles. The zero-order valence-corrected chi connectivity index (χ0v) is 21.7. The molecular weight excluding hydrogens is 528 g/mol. The molecule has 2 aliphatic rings. The number of β-lactam (4-membered cyclic amide) rings is 1. The van der Waals surface area contributed by atoms with Crippen molar-refractivity contribution in [1.82, 2.24) is 24.9 Å². The number of nitrogens with one attached hydrogen (secondary N) is 1. The lowest BCUT2D eigenvalue weighted by molar-refractivity contribution is -0.575. The number of aryl methyl sites for hydroxylation is 2. The molecule has 0 unspecified atom stereocenters. The van der Waals surface area contributed by atoms with Crippen molar-refractivity contribution >= 4 is 68.0 Å². The number of carboxylic acids is 1. The van der Waals surface area contributed by atoms with Gasteiger partial charge < -0.3 is 25.8 Å². The predicted octanol–water partition coefficient (Wildman–Crippen LogP) is -1.21. The van der Waals surface area contributed by atoms with Crippen LogP contribution in [0.25, 0.3) is 4.96 Å². The first-order valence-corrected chi connectivity index (χ1v) is 13.3. The lowest BCUT2D eigenvalue weighted by Crippen LogP contribution is -2.71. The fraction of sp³-hybridized carbons (Fsp3) is 0.350. The van der Waals surface area contributed by atoms with E-state index < -0.39 is 29.2 Å². The predicted molar refractivity (Wildman–Crippen MR) is 130 cm³/mol. The van der Waals surface area contributed by atoms with Crippen LogP contribution < -0.4 is 20.7 Å². The number of carboxylic acid groups (broad SMARTS) is 1. The van der Waals surface area contributed by atoms with E-state index in [0.717, 1.165) is 27.0 Å². The summed E-state index contributed by atoms with van der Waals surface area (Å²) in [6.45, 7) is 4.07. The maximum absolute atomic E-state index is 13.0. The first-order chi connectivity index (χ1) is 17.2. The van der Waals surface area contributed by atoms with E-state index in [1.54, 1.807) is 9.90 Å². The molecule has 1 saturated heterocycles. The number of nitrogens with zero attached hydrogens (tertiary/aromatic N) is 6. The van der Waals surface area contributed by atoms with Crippen LogP contribution in [0.15, 0.2) is 28.0 Å². The third kappa shape index (κ3) is 4.00. The summed E-state index contributed by atoms with van der Waals surface area (Å²) in [7, 11) is 1.28. The second-order valence-corrected chi connectivity index (χ2v) is 11.2. The highest BCUT2D eigenvalue weighted by molar-refractivity contribution is 8.00. The number of amides is 2. The number of hydrogen-bond donors (Lipinski definition) is 2. The molecule has 188 valence electrons. The highest BCUT2D eigenvalue weighted by Crippen LogP contribution is 2.40. The Kier molecular flexibility index (Phi) is 6.17. The molecule has 16 heteroatoms. The maximum atomic E-state index is 13.0. The van der Waals surface area contributed by atoms with E-state index in [1.165, 1.54) is 35.1 Å². The second-order valence-electron chi connectivity index (χ2n) is 8.00. The van der Waals surface area contributed by atoms with Crippen molar-refractivity contribution in [2.75, 3.05) is 18.6 Å². The number of carbonyl (C=O) groups is 3. The molecule has 36 heavy (non-hydrogen) atoms. The van der Waals surface area contributed by atoms with Gasteiger partial charge in [0, 0.05) is 23.6 Å². The minimum absolute atomic E-state index is 0.140. The van der Waals surface area contributed by atoms with Gasteiger partial charge in [-0.1, -0.05) is 14.8 Å². The van der Waals surface area contributed by atoms with E-state index in [0.29, 0.717) is 11.3 Å². The number of fused-ring (bicyclic) bond motifs is 2. The molecule has 0 radical (unpaired) electrons. The molecular formula is C20H20N8O5S3. The molecule has 0 aliphatic carbocycles. The molecule has 1 fully saturated rings. The second kappa shape index (κ2) is 9.18. The lowest BCUT2D eigenvalue weighted by atomic mass is 10.0. The lowest BCUT2D eigenvalue weighted by Gasteiger charge is -2.50. The van der Waals surface area contributed by atoms with E-state index in [2.05, 4.69) is 20.6 Å². The normalized spacial score (nSPS) is 19.9. The average molecular weight is 549 g/mol. The minimum atomic E-state index is -1.44. The molecule has 0 bridgehead atoms. The molecule has 5 rings (SSSR count).